The van der Waals surface area contributed by atoms with Crippen LogP contribution in [-0.4, -0.2) is 47.7 Å². The van der Waals surface area contributed by atoms with Gasteiger partial charge in [0.05, 0.1) is 7.11 Å². The van der Waals surface area contributed by atoms with Crippen LogP contribution in [0.15, 0.2) is 12.3 Å². The van der Waals surface area contributed by atoms with Gasteiger partial charge in [0.2, 0.25) is 11.8 Å². The molecule has 5 heteroatoms. The van der Waals surface area contributed by atoms with Gasteiger partial charge in [-0.3, -0.25) is 0 Å². The van der Waals surface area contributed by atoms with Crippen molar-refractivity contribution in [3.05, 3.63) is 12.3 Å². The van der Waals surface area contributed by atoms with Crippen LogP contribution in [-0.2, 0) is 0 Å². The average Bonchev–Trinajstić information content (AvgIpc) is 2.68. The molecule has 104 valence electrons. The molecule has 2 unspecified atom stereocenters. The van der Waals surface area contributed by atoms with E-state index in [0.29, 0.717) is 11.8 Å². The Labute approximate surface area is 114 Å². The Kier molecular flexibility index (Phi) is 3.55. The number of nitrogens with zero attached hydrogens (tertiary/aromatic N) is 3. The summed E-state index contributed by atoms with van der Waals surface area (Å²) >= 11 is 0. The number of fused-ring (bicyclic) bond motifs is 2. The van der Waals surface area contributed by atoms with E-state index in [1.54, 1.807) is 19.4 Å². The summed E-state index contributed by atoms with van der Waals surface area (Å²) < 4.78 is 5.11. The summed E-state index contributed by atoms with van der Waals surface area (Å²) in [6.45, 7) is 0.966. The highest BCUT2D eigenvalue weighted by molar-refractivity contribution is 5.27. The van der Waals surface area contributed by atoms with Gasteiger partial charge in [-0.25, -0.2) is 4.98 Å². The third kappa shape index (κ3) is 2.66. The van der Waals surface area contributed by atoms with Crippen LogP contribution in [0.4, 0.5) is 5.95 Å². The van der Waals surface area contributed by atoms with Crippen molar-refractivity contribution >= 4 is 5.95 Å². The monoisotopic (exact) mass is 262 g/mol. The number of ether oxygens (including phenoxy) is 1. The number of hydrogen-bond acceptors (Lipinski definition) is 5. The van der Waals surface area contributed by atoms with Crippen molar-refractivity contribution in [3.63, 3.8) is 0 Å². The van der Waals surface area contributed by atoms with Gasteiger partial charge < -0.3 is 15.0 Å². The molecular formula is C14H22N4O. The molecule has 0 amide bonds. The van der Waals surface area contributed by atoms with Crippen LogP contribution in [0.1, 0.15) is 25.7 Å². The molecule has 0 aliphatic carbocycles. The fourth-order valence-corrected chi connectivity index (χ4v) is 3.47. The normalized spacial score (nSPS) is 30.3. The zero-order valence-electron chi connectivity index (χ0n) is 11.7. The minimum atomic E-state index is 0.612. The maximum absolute atomic E-state index is 5.11. The summed E-state index contributed by atoms with van der Waals surface area (Å²) in [4.78, 5) is 11.1. The Hall–Kier alpha value is -1.36. The molecule has 0 saturated carbocycles. The minimum Gasteiger partial charge on any atom is -0.481 e. The lowest BCUT2D eigenvalue weighted by Crippen LogP contribution is -2.41. The highest BCUT2D eigenvalue weighted by atomic mass is 16.5. The molecule has 2 bridgehead atoms. The van der Waals surface area contributed by atoms with Crippen LogP contribution < -0.4 is 10.1 Å². The van der Waals surface area contributed by atoms with E-state index in [1.165, 1.54) is 25.7 Å². The van der Waals surface area contributed by atoms with Crippen LogP contribution in [0.5, 0.6) is 5.88 Å². The van der Waals surface area contributed by atoms with Crippen molar-refractivity contribution in [2.24, 2.45) is 5.92 Å². The van der Waals surface area contributed by atoms with Gasteiger partial charge in [0.15, 0.2) is 0 Å². The standard InChI is InChI=1S/C14H22N4O/c1-18-11-3-4-12(18)8-10(7-11)9-16-14-15-6-5-13(17-14)19-2/h5-6,10-12H,3-4,7-9H2,1-2H3,(H,15,16,17). The van der Waals surface area contributed by atoms with E-state index < -0.39 is 0 Å². The average molecular weight is 262 g/mol. The van der Waals surface area contributed by atoms with E-state index in [2.05, 4.69) is 27.2 Å². The molecule has 3 rings (SSSR count). The fourth-order valence-electron chi connectivity index (χ4n) is 3.47. The molecule has 2 atom stereocenters. The molecule has 1 aromatic rings. The lowest BCUT2D eigenvalue weighted by Gasteiger charge is -2.36. The first kappa shape index (κ1) is 12.7. The molecule has 0 aromatic carbocycles. The molecule has 2 fully saturated rings. The van der Waals surface area contributed by atoms with Gasteiger partial charge >= 0.3 is 0 Å². The molecule has 2 aliphatic rings. The van der Waals surface area contributed by atoms with Crippen molar-refractivity contribution in [3.8, 4) is 5.88 Å². The maximum atomic E-state index is 5.11. The molecular weight excluding hydrogens is 240 g/mol. The van der Waals surface area contributed by atoms with E-state index in [-0.39, 0.29) is 0 Å². The minimum absolute atomic E-state index is 0.612. The predicted molar refractivity (Wildman–Crippen MR) is 74.4 cm³/mol. The summed E-state index contributed by atoms with van der Waals surface area (Å²) in [5.41, 5.74) is 0. The van der Waals surface area contributed by atoms with Crippen LogP contribution in [0, 0.1) is 5.92 Å². The highest BCUT2D eigenvalue weighted by Gasteiger charge is 2.38. The Morgan fingerprint density at radius 3 is 2.79 bits per heavy atom. The lowest BCUT2D eigenvalue weighted by molar-refractivity contribution is 0.139. The van der Waals surface area contributed by atoms with Crippen molar-refractivity contribution < 1.29 is 4.74 Å². The number of anilines is 1. The number of rotatable bonds is 4. The summed E-state index contributed by atoms with van der Waals surface area (Å²) in [6, 6.07) is 3.34. The molecule has 0 radical (unpaired) electrons. The smallest absolute Gasteiger partial charge is 0.225 e. The van der Waals surface area contributed by atoms with Gasteiger partial charge in [-0.15, -0.1) is 0 Å². The van der Waals surface area contributed by atoms with Crippen LogP contribution in [0.25, 0.3) is 0 Å². The van der Waals surface area contributed by atoms with Crippen LogP contribution in [0.3, 0.4) is 0 Å². The second-order valence-electron chi connectivity index (χ2n) is 5.69. The number of aromatic nitrogens is 2. The van der Waals surface area contributed by atoms with E-state index in [4.69, 9.17) is 4.74 Å². The van der Waals surface area contributed by atoms with Gasteiger partial charge in [0.1, 0.15) is 0 Å². The first-order valence-corrected chi connectivity index (χ1v) is 7.09. The number of hydrogen-bond donors (Lipinski definition) is 1. The van der Waals surface area contributed by atoms with Crippen molar-refractivity contribution in [2.45, 2.75) is 37.8 Å². The number of piperidine rings is 1. The van der Waals surface area contributed by atoms with E-state index in [0.717, 1.165) is 24.5 Å². The molecule has 2 aliphatic heterocycles. The Balaban J connectivity index is 1.55. The first-order chi connectivity index (χ1) is 9.26. The quantitative estimate of drug-likeness (QED) is 0.896. The second-order valence-corrected chi connectivity index (χ2v) is 5.69. The third-order valence-electron chi connectivity index (χ3n) is 4.58. The van der Waals surface area contributed by atoms with Crippen molar-refractivity contribution in [1.29, 1.82) is 0 Å². The summed E-state index contributed by atoms with van der Waals surface area (Å²) in [5, 5.41) is 3.35. The van der Waals surface area contributed by atoms with Crippen LogP contribution in [0.2, 0.25) is 0 Å². The third-order valence-corrected chi connectivity index (χ3v) is 4.58. The van der Waals surface area contributed by atoms with Gasteiger partial charge in [0.25, 0.3) is 0 Å². The molecule has 19 heavy (non-hydrogen) atoms. The second kappa shape index (κ2) is 5.33. The van der Waals surface area contributed by atoms with Crippen molar-refractivity contribution in [1.82, 2.24) is 14.9 Å². The predicted octanol–water partition coefficient (Wildman–Crippen LogP) is 1.77. The van der Waals surface area contributed by atoms with E-state index >= 15 is 0 Å². The SMILES string of the molecule is COc1ccnc(NCC2CC3CCC(C2)N3C)n1. The van der Waals surface area contributed by atoms with Crippen LogP contribution >= 0.6 is 0 Å². The zero-order chi connectivity index (χ0) is 13.2. The van der Waals surface area contributed by atoms with Gasteiger partial charge in [0, 0.05) is 30.9 Å². The van der Waals surface area contributed by atoms with Gasteiger partial charge in [-0.2, -0.15) is 4.98 Å². The summed E-state index contributed by atoms with van der Waals surface area (Å²) in [6.07, 6.45) is 7.06. The van der Waals surface area contributed by atoms with Crippen molar-refractivity contribution in [2.75, 3.05) is 26.0 Å². The topological polar surface area (TPSA) is 50.3 Å². The Bertz CT molecular complexity index is 425. The lowest BCUT2D eigenvalue weighted by atomic mass is 9.91. The molecule has 0 spiro atoms. The first-order valence-electron chi connectivity index (χ1n) is 7.09. The highest BCUT2D eigenvalue weighted by Crippen LogP contribution is 2.37. The molecule has 2 saturated heterocycles. The Morgan fingerprint density at radius 2 is 2.11 bits per heavy atom. The molecule has 1 aromatic heterocycles. The zero-order valence-corrected chi connectivity index (χ0v) is 11.7. The molecule has 1 N–H and O–H groups in total. The fraction of sp³-hybridized carbons (Fsp3) is 0.714. The van der Waals surface area contributed by atoms with Gasteiger partial charge in [-0.05, 0) is 38.6 Å². The Morgan fingerprint density at radius 1 is 1.37 bits per heavy atom. The molecule has 5 nitrogen and oxygen atoms in total. The van der Waals surface area contributed by atoms with E-state index in [9.17, 15) is 0 Å². The summed E-state index contributed by atoms with van der Waals surface area (Å²) in [5.74, 6) is 2.02. The molecule has 3 heterocycles. The maximum Gasteiger partial charge on any atom is 0.225 e. The number of methoxy groups -OCH3 is 1. The summed E-state index contributed by atoms with van der Waals surface area (Å²) in [7, 11) is 3.90. The number of nitrogens with one attached hydrogen (secondary N) is 1. The van der Waals surface area contributed by atoms with Gasteiger partial charge in [-0.1, -0.05) is 0 Å². The largest absolute Gasteiger partial charge is 0.481 e. The van der Waals surface area contributed by atoms with E-state index in [1.807, 2.05) is 0 Å².